The molecule has 0 aromatic heterocycles. The van der Waals surface area contributed by atoms with Crippen molar-refractivity contribution in [3.63, 3.8) is 0 Å². The summed E-state index contributed by atoms with van der Waals surface area (Å²) in [6, 6.07) is 10.5. The van der Waals surface area contributed by atoms with Gasteiger partial charge in [0.2, 0.25) is 0 Å². The molecule has 2 aromatic rings. The van der Waals surface area contributed by atoms with Gasteiger partial charge in [-0.1, -0.05) is 18.2 Å². The van der Waals surface area contributed by atoms with E-state index in [1.165, 1.54) is 6.07 Å². The van der Waals surface area contributed by atoms with Crippen LogP contribution in [0, 0.1) is 11.6 Å². The monoisotopic (exact) mass is 290 g/mol. The lowest BCUT2D eigenvalue weighted by atomic mass is 10.1. The minimum atomic E-state index is -0.877. The molecule has 0 unspecified atom stereocenters. The molecule has 0 atom stereocenters. The van der Waals surface area contributed by atoms with E-state index in [2.05, 4.69) is 0 Å². The quantitative estimate of drug-likeness (QED) is 0.922. The van der Waals surface area contributed by atoms with Crippen molar-refractivity contribution in [1.82, 2.24) is 0 Å². The van der Waals surface area contributed by atoms with Crippen molar-refractivity contribution in [2.45, 2.75) is 13.0 Å². The number of hydrogen-bond acceptors (Lipinski definition) is 3. The number of benzene rings is 2. The SMILES string of the molecule is NCc1ccc(N2CCCOc3ccccc32)c(F)c1F. The average Bonchev–Trinajstić information content (AvgIpc) is 2.72. The smallest absolute Gasteiger partial charge is 0.182 e. The summed E-state index contributed by atoms with van der Waals surface area (Å²) in [5, 5.41) is 0. The standard InChI is InChI=1S/C16H16F2N2O/c17-15-11(10-19)6-7-13(16(15)18)20-8-3-9-21-14-5-2-1-4-12(14)20/h1-2,4-7H,3,8-10,19H2. The highest BCUT2D eigenvalue weighted by molar-refractivity contribution is 5.70. The summed E-state index contributed by atoms with van der Waals surface area (Å²) in [6.07, 6.45) is 0.731. The highest BCUT2D eigenvalue weighted by Crippen LogP contribution is 2.37. The van der Waals surface area contributed by atoms with E-state index >= 15 is 0 Å². The van der Waals surface area contributed by atoms with Crippen LogP contribution in [0.1, 0.15) is 12.0 Å². The molecule has 0 radical (unpaired) electrons. The normalized spacial score (nSPS) is 14.3. The molecule has 0 spiro atoms. The Bertz CT molecular complexity index is 661. The second-order valence-electron chi connectivity index (χ2n) is 4.90. The Balaban J connectivity index is 2.10. The molecule has 2 aromatic carbocycles. The molecular weight excluding hydrogens is 274 g/mol. The molecule has 3 nitrogen and oxygen atoms in total. The number of para-hydroxylation sites is 2. The zero-order valence-electron chi connectivity index (χ0n) is 11.5. The Morgan fingerprint density at radius 1 is 1.05 bits per heavy atom. The molecule has 2 N–H and O–H groups in total. The summed E-state index contributed by atoms with van der Waals surface area (Å²) < 4.78 is 34.0. The molecule has 21 heavy (non-hydrogen) atoms. The van der Waals surface area contributed by atoms with Crippen LogP contribution in [0.5, 0.6) is 5.75 Å². The number of ether oxygens (including phenoxy) is 1. The fourth-order valence-electron chi connectivity index (χ4n) is 2.52. The van der Waals surface area contributed by atoms with Gasteiger partial charge in [-0.2, -0.15) is 0 Å². The van der Waals surface area contributed by atoms with Gasteiger partial charge in [0.05, 0.1) is 18.0 Å². The van der Waals surface area contributed by atoms with E-state index in [1.807, 2.05) is 24.3 Å². The molecule has 1 aliphatic rings. The third-order valence-corrected chi connectivity index (χ3v) is 3.59. The Labute approximate surface area is 121 Å². The van der Waals surface area contributed by atoms with Crippen LogP contribution in [0.4, 0.5) is 20.2 Å². The van der Waals surface area contributed by atoms with Crippen LogP contribution in [-0.2, 0) is 6.54 Å². The van der Waals surface area contributed by atoms with Crippen molar-refractivity contribution in [3.05, 3.63) is 53.6 Å². The third kappa shape index (κ3) is 2.45. The highest BCUT2D eigenvalue weighted by Gasteiger charge is 2.22. The van der Waals surface area contributed by atoms with Crippen molar-refractivity contribution in [1.29, 1.82) is 0 Å². The van der Waals surface area contributed by atoms with Gasteiger partial charge in [0.25, 0.3) is 0 Å². The van der Waals surface area contributed by atoms with E-state index in [-0.39, 0.29) is 17.8 Å². The van der Waals surface area contributed by atoms with Crippen molar-refractivity contribution < 1.29 is 13.5 Å². The van der Waals surface area contributed by atoms with E-state index < -0.39 is 11.6 Å². The molecule has 1 heterocycles. The molecule has 0 fully saturated rings. The summed E-state index contributed by atoms with van der Waals surface area (Å²) >= 11 is 0. The number of nitrogens with two attached hydrogens (primary N) is 1. The summed E-state index contributed by atoms with van der Waals surface area (Å²) in [6.45, 7) is 1.09. The van der Waals surface area contributed by atoms with E-state index in [0.29, 0.717) is 18.9 Å². The minimum absolute atomic E-state index is 0.0251. The molecule has 110 valence electrons. The van der Waals surface area contributed by atoms with Gasteiger partial charge in [0.15, 0.2) is 11.6 Å². The molecule has 0 aliphatic carbocycles. The third-order valence-electron chi connectivity index (χ3n) is 3.59. The van der Waals surface area contributed by atoms with Gasteiger partial charge >= 0.3 is 0 Å². The molecule has 0 amide bonds. The summed E-state index contributed by atoms with van der Waals surface area (Å²) in [4.78, 5) is 1.75. The second kappa shape index (κ2) is 5.69. The maximum atomic E-state index is 14.3. The van der Waals surface area contributed by atoms with Gasteiger partial charge in [-0.15, -0.1) is 0 Å². The van der Waals surface area contributed by atoms with E-state index in [9.17, 15) is 8.78 Å². The Hall–Kier alpha value is -2.14. The number of halogens is 2. The van der Waals surface area contributed by atoms with Gasteiger partial charge in [0, 0.05) is 18.7 Å². The summed E-state index contributed by atoms with van der Waals surface area (Å²) in [7, 11) is 0. The molecule has 0 bridgehead atoms. The van der Waals surface area contributed by atoms with Crippen LogP contribution in [0.15, 0.2) is 36.4 Å². The van der Waals surface area contributed by atoms with Crippen molar-refractivity contribution >= 4 is 11.4 Å². The Morgan fingerprint density at radius 2 is 1.86 bits per heavy atom. The summed E-state index contributed by atoms with van der Waals surface area (Å²) in [5.41, 5.74) is 6.54. The Kier molecular flexibility index (Phi) is 3.75. The molecule has 0 saturated carbocycles. The fraction of sp³-hybridized carbons (Fsp3) is 0.250. The average molecular weight is 290 g/mol. The van der Waals surface area contributed by atoms with Crippen LogP contribution in [-0.4, -0.2) is 13.2 Å². The fourth-order valence-corrected chi connectivity index (χ4v) is 2.52. The predicted octanol–water partition coefficient (Wildman–Crippen LogP) is 3.34. The number of nitrogens with zero attached hydrogens (tertiary/aromatic N) is 1. The van der Waals surface area contributed by atoms with Crippen LogP contribution in [0.3, 0.4) is 0 Å². The lowest BCUT2D eigenvalue weighted by molar-refractivity contribution is 0.322. The first kappa shape index (κ1) is 13.8. The lowest BCUT2D eigenvalue weighted by Gasteiger charge is -2.24. The van der Waals surface area contributed by atoms with Gasteiger partial charge in [-0.25, -0.2) is 8.78 Å². The van der Waals surface area contributed by atoms with Crippen molar-refractivity contribution in [2.75, 3.05) is 18.1 Å². The molecule has 3 rings (SSSR count). The maximum absolute atomic E-state index is 14.3. The molecule has 5 heteroatoms. The topological polar surface area (TPSA) is 38.5 Å². The van der Waals surface area contributed by atoms with Crippen molar-refractivity contribution in [2.24, 2.45) is 5.73 Å². The Morgan fingerprint density at radius 3 is 2.67 bits per heavy atom. The van der Waals surface area contributed by atoms with Gasteiger partial charge in [-0.3, -0.25) is 0 Å². The van der Waals surface area contributed by atoms with Gasteiger partial charge in [0.1, 0.15) is 5.75 Å². The lowest BCUT2D eigenvalue weighted by Crippen LogP contribution is -2.20. The van der Waals surface area contributed by atoms with Crippen LogP contribution < -0.4 is 15.4 Å². The van der Waals surface area contributed by atoms with Crippen LogP contribution in [0.25, 0.3) is 0 Å². The van der Waals surface area contributed by atoms with E-state index in [1.54, 1.807) is 11.0 Å². The van der Waals surface area contributed by atoms with E-state index in [0.717, 1.165) is 12.1 Å². The summed E-state index contributed by atoms with van der Waals surface area (Å²) in [5.74, 6) is -1.06. The first-order valence-electron chi connectivity index (χ1n) is 6.88. The second-order valence-corrected chi connectivity index (χ2v) is 4.90. The zero-order valence-corrected chi connectivity index (χ0v) is 11.5. The molecule has 1 aliphatic heterocycles. The van der Waals surface area contributed by atoms with Crippen LogP contribution >= 0.6 is 0 Å². The highest BCUT2D eigenvalue weighted by atomic mass is 19.2. The predicted molar refractivity (Wildman–Crippen MR) is 77.8 cm³/mol. The number of hydrogen-bond donors (Lipinski definition) is 1. The number of fused-ring (bicyclic) bond motifs is 1. The van der Waals surface area contributed by atoms with Gasteiger partial charge < -0.3 is 15.4 Å². The zero-order chi connectivity index (χ0) is 14.8. The maximum Gasteiger partial charge on any atom is 0.182 e. The molecule has 0 saturated heterocycles. The largest absolute Gasteiger partial charge is 0.491 e. The first-order valence-corrected chi connectivity index (χ1v) is 6.88. The number of rotatable bonds is 2. The first-order chi connectivity index (χ1) is 10.2. The van der Waals surface area contributed by atoms with Crippen molar-refractivity contribution in [3.8, 4) is 5.75 Å². The van der Waals surface area contributed by atoms with Crippen LogP contribution in [0.2, 0.25) is 0 Å². The molecular formula is C16H16F2N2O. The number of anilines is 2. The van der Waals surface area contributed by atoms with Gasteiger partial charge in [-0.05, 0) is 24.6 Å². The minimum Gasteiger partial charge on any atom is -0.491 e. The van der Waals surface area contributed by atoms with E-state index in [4.69, 9.17) is 10.5 Å².